The molecule has 0 fully saturated rings. The third kappa shape index (κ3) is 3.35. The lowest BCUT2D eigenvalue weighted by atomic mass is 9.96. The molecule has 2 aromatic heterocycles. The highest BCUT2D eigenvalue weighted by molar-refractivity contribution is 5.86. The second kappa shape index (κ2) is 8.25. The van der Waals surface area contributed by atoms with Crippen molar-refractivity contribution >= 4 is 16.9 Å². The van der Waals surface area contributed by atoms with Crippen LogP contribution in [0.15, 0.2) is 36.5 Å². The Labute approximate surface area is 195 Å². The Morgan fingerprint density at radius 3 is 2.79 bits per heavy atom. The lowest BCUT2D eigenvalue weighted by Gasteiger charge is -2.28. The first kappa shape index (κ1) is 22.1. The van der Waals surface area contributed by atoms with E-state index in [1.165, 1.54) is 6.07 Å². The number of phenolic OH excluding ortho intramolecular Hbond substituents is 1. The number of imidazole rings is 1. The molecule has 1 atom stereocenters. The number of carbonyl (C=O) groups is 1. The molecule has 0 amide bonds. The molecule has 0 saturated heterocycles. The van der Waals surface area contributed by atoms with Crippen molar-refractivity contribution in [3.8, 4) is 16.9 Å². The SMILES string of the molecule is CCc1c(-c2ccc3cnn([C@@H]4NCCc5nc(C(=O)O)n(C(C)C)c54)c3c2)ccc(F)c1O. The van der Waals surface area contributed by atoms with Crippen LogP contribution in [0, 0.1) is 5.82 Å². The molecule has 0 unspecified atom stereocenters. The van der Waals surface area contributed by atoms with Gasteiger partial charge in [0.1, 0.15) is 6.17 Å². The van der Waals surface area contributed by atoms with Gasteiger partial charge in [0.05, 0.1) is 23.1 Å². The Morgan fingerprint density at radius 1 is 1.29 bits per heavy atom. The fourth-order valence-electron chi connectivity index (χ4n) is 4.91. The molecule has 3 heterocycles. The molecular weight excluding hydrogens is 437 g/mol. The van der Waals surface area contributed by atoms with Gasteiger partial charge >= 0.3 is 5.97 Å². The van der Waals surface area contributed by atoms with E-state index in [1.54, 1.807) is 16.8 Å². The van der Waals surface area contributed by atoms with Crippen molar-refractivity contribution in [2.75, 3.05) is 6.54 Å². The molecule has 0 saturated carbocycles. The van der Waals surface area contributed by atoms with Gasteiger partial charge in [0.25, 0.3) is 0 Å². The zero-order chi connectivity index (χ0) is 24.1. The van der Waals surface area contributed by atoms with Crippen molar-refractivity contribution in [3.63, 3.8) is 0 Å². The maximum atomic E-state index is 14.0. The number of carboxylic acids is 1. The van der Waals surface area contributed by atoms with E-state index in [4.69, 9.17) is 0 Å². The highest BCUT2D eigenvalue weighted by Crippen LogP contribution is 2.36. The van der Waals surface area contributed by atoms with E-state index in [9.17, 15) is 19.4 Å². The van der Waals surface area contributed by atoms with Crippen molar-refractivity contribution in [2.45, 2.75) is 45.8 Å². The second-order valence-corrected chi connectivity index (χ2v) is 8.78. The zero-order valence-corrected chi connectivity index (χ0v) is 19.2. The minimum atomic E-state index is -1.06. The number of aromatic hydroxyl groups is 1. The average molecular weight is 464 g/mol. The molecule has 0 aliphatic carbocycles. The van der Waals surface area contributed by atoms with Crippen molar-refractivity contribution < 1.29 is 19.4 Å². The van der Waals surface area contributed by atoms with Gasteiger partial charge in [0.15, 0.2) is 11.6 Å². The lowest BCUT2D eigenvalue weighted by molar-refractivity contribution is 0.0675. The molecule has 3 N–H and O–H groups in total. The Kier molecular flexibility index (Phi) is 5.36. The number of hydrogen-bond donors (Lipinski definition) is 3. The van der Waals surface area contributed by atoms with E-state index < -0.39 is 18.0 Å². The Morgan fingerprint density at radius 2 is 2.09 bits per heavy atom. The van der Waals surface area contributed by atoms with Gasteiger partial charge in [-0.2, -0.15) is 5.10 Å². The van der Waals surface area contributed by atoms with Gasteiger partial charge in [-0.05, 0) is 43.5 Å². The van der Waals surface area contributed by atoms with Gasteiger partial charge in [-0.1, -0.05) is 25.1 Å². The number of aromatic carboxylic acids is 1. The lowest BCUT2D eigenvalue weighted by Crippen LogP contribution is -2.37. The summed E-state index contributed by atoms with van der Waals surface area (Å²) in [6.45, 7) is 6.39. The van der Waals surface area contributed by atoms with Gasteiger partial charge < -0.3 is 14.8 Å². The van der Waals surface area contributed by atoms with Crippen LogP contribution in [0.25, 0.3) is 22.0 Å². The first-order chi connectivity index (χ1) is 16.3. The second-order valence-electron chi connectivity index (χ2n) is 8.78. The number of hydrogen-bond acceptors (Lipinski definition) is 5. The van der Waals surface area contributed by atoms with E-state index in [2.05, 4.69) is 15.4 Å². The van der Waals surface area contributed by atoms with Gasteiger partial charge in [0.2, 0.25) is 5.82 Å². The largest absolute Gasteiger partial charge is 0.505 e. The topological polar surface area (TPSA) is 105 Å². The standard InChI is InChI=1S/C25H26FN5O3/c1-4-16-17(7-8-18(26)22(16)32)14-5-6-15-12-28-31(20(15)11-14)23-21-19(9-10-27-23)29-24(25(33)34)30(21)13(2)3/h5-8,11-13,23,27,32H,4,9-10H2,1-3H3,(H,33,34)/t23-/m0/s1. The molecule has 1 aliphatic heterocycles. The van der Waals surface area contributed by atoms with Crippen LogP contribution in [-0.2, 0) is 12.8 Å². The van der Waals surface area contributed by atoms with Crippen LogP contribution in [-0.4, -0.2) is 42.1 Å². The van der Waals surface area contributed by atoms with E-state index in [0.717, 1.165) is 33.4 Å². The Balaban J connectivity index is 1.69. The molecular formula is C25H26FN5O3. The summed E-state index contributed by atoms with van der Waals surface area (Å²) in [6.07, 6.45) is 2.48. The van der Waals surface area contributed by atoms with Crippen LogP contribution in [0.4, 0.5) is 4.39 Å². The maximum Gasteiger partial charge on any atom is 0.372 e. The summed E-state index contributed by atoms with van der Waals surface area (Å²) in [5, 5.41) is 29.0. The minimum absolute atomic E-state index is 0.0280. The molecule has 1 aliphatic rings. The zero-order valence-electron chi connectivity index (χ0n) is 19.2. The first-order valence-electron chi connectivity index (χ1n) is 11.4. The number of phenols is 1. The number of benzene rings is 2. The van der Waals surface area contributed by atoms with E-state index in [1.807, 2.05) is 43.7 Å². The summed E-state index contributed by atoms with van der Waals surface area (Å²) in [4.78, 5) is 16.3. The number of rotatable bonds is 5. The van der Waals surface area contributed by atoms with Crippen LogP contribution in [0.2, 0.25) is 0 Å². The maximum absolute atomic E-state index is 14.0. The molecule has 0 bridgehead atoms. The van der Waals surface area contributed by atoms with Crippen molar-refractivity contribution in [1.82, 2.24) is 24.6 Å². The van der Waals surface area contributed by atoms with Crippen LogP contribution in [0.1, 0.15) is 60.5 Å². The summed E-state index contributed by atoms with van der Waals surface area (Å²) < 4.78 is 17.6. The molecule has 5 rings (SSSR count). The van der Waals surface area contributed by atoms with Crippen molar-refractivity contribution in [2.24, 2.45) is 0 Å². The number of nitrogens with zero attached hydrogens (tertiary/aromatic N) is 4. The number of nitrogens with one attached hydrogen (secondary N) is 1. The van der Waals surface area contributed by atoms with Crippen molar-refractivity contribution in [3.05, 3.63) is 65.1 Å². The number of carboxylic acid groups (broad SMARTS) is 1. The number of fused-ring (bicyclic) bond motifs is 2. The molecule has 34 heavy (non-hydrogen) atoms. The predicted octanol–water partition coefficient (Wildman–Crippen LogP) is 4.28. The van der Waals surface area contributed by atoms with Crippen LogP contribution < -0.4 is 5.32 Å². The van der Waals surface area contributed by atoms with E-state index in [0.29, 0.717) is 24.9 Å². The smallest absolute Gasteiger partial charge is 0.372 e. The van der Waals surface area contributed by atoms with Gasteiger partial charge in [0, 0.05) is 30.0 Å². The fourth-order valence-corrected chi connectivity index (χ4v) is 4.91. The van der Waals surface area contributed by atoms with Gasteiger partial charge in [-0.25, -0.2) is 18.9 Å². The Bertz CT molecular complexity index is 1420. The third-order valence-electron chi connectivity index (χ3n) is 6.43. The summed E-state index contributed by atoms with van der Waals surface area (Å²) in [6, 6.07) is 8.70. The summed E-state index contributed by atoms with van der Waals surface area (Å²) >= 11 is 0. The van der Waals surface area contributed by atoms with Gasteiger partial charge in [-0.15, -0.1) is 0 Å². The minimum Gasteiger partial charge on any atom is -0.505 e. The summed E-state index contributed by atoms with van der Waals surface area (Å²) in [5.41, 5.74) is 4.53. The molecule has 0 radical (unpaired) electrons. The quantitative estimate of drug-likeness (QED) is 0.408. The number of halogens is 1. The third-order valence-corrected chi connectivity index (χ3v) is 6.43. The highest BCUT2D eigenvalue weighted by Gasteiger charge is 2.33. The van der Waals surface area contributed by atoms with Crippen LogP contribution >= 0.6 is 0 Å². The molecule has 0 spiro atoms. The summed E-state index contributed by atoms with van der Waals surface area (Å²) in [5.74, 6) is -1.99. The predicted molar refractivity (Wildman–Crippen MR) is 126 cm³/mol. The van der Waals surface area contributed by atoms with Crippen molar-refractivity contribution in [1.29, 1.82) is 0 Å². The fraction of sp³-hybridized carbons (Fsp3) is 0.320. The van der Waals surface area contributed by atoms with E-state index >= 15 is 0 Å². The van der Waals surface area contributed by atoms with E-state index in [-0.39, 0.29) is 17.6 Å². The molecule has 8 nitrogen and oxygen atoms in total. The first-order valence-corrected chi connectivity index (χ1v) is 11.4. The molecule has 4 aromatic rings. The molecule has 2 aromatic carbocycles. The monoisotopic (exact) mass is 463 g/mol. The molecule has 176 valence electrons. The van der Waals surface area contributed by atoms with Gasteiger partial charge in [-0.3, -0.25) is 5.32 Å². The number of aromatic nitrogens is 4. The van der Waals surface area contributed by atoms with Crippen LogP contribution in [0.5, 0.6) is 5.75 Å². The van der Waals surface area contributed by atoms with Crippen LogP contribution in [0.3, 0.4) is 0 Å². The Hall–Kier alpha value is -3.72. The average Bonchev–Trinajstić information content (AvgIpc) is 3.42. The summed E-state index contributed by atoms with van der Waals surface area (Å²) in [7, 11) is 0. The normalized spacial score (nSPS) is 15.7. The highest BCUT2D eigenvalue weighted by atomic mass is 19.1. The molecule has 9 heteroatoms.